The van der Waals surface area contributed by atoms with Crippen LogP contribution in [0.3, 0.4) is 0 Å². The molecule has 0 bridgehead atoms. The fraction of sp³-hybridized carbons (Fsp3) is 0.316. The van der Waals surface area contributed by atoms with Gasteiger partial charge in [-0.1, -0.05) is 24.3 Å². The van der Waals surface area contributed by atoms with Gasteiger partial charge >= 0.3 is 6.18 Å². The molecule has 0 unspecified atom stereocenters. The van der Waals surface area contributed by atoms with E-state index in [0.717, 1.165) is 25.3 Å². The van der Waals surface area contributed by atoms with Gasteiger partial charge in [0.05, 0.1) is 11.3 Å². The number of pyridine rings is 1. The Labute approximate surface area is 154 Å². The molecule has 5 nitrogen and oxygen atoms in total. The summed E-state index contributed by atoms with van der Waals surface area (Å²) in [5.41, 5.74) is 1.77. The fourth-order valence-electron chi connectivity index (χ4n) is 3.04. The normalized spacial score (nSPS) is 15.8. The van der Waals surface area contributed by atoms with Crippen molar-refractivity contribution < 1.29 is 27.9 Å². The standard InChI is InChI=1S/C18H17F3N2O.CH2O2/c1-11-15(8-9-16(22-11)18(19,20)21)17(24)23-14-7-6-12-4-2-3-5-13(12)10-14;2-1-3/h2-5,8-9,14H,6-7,10H2,1H3,(H,23,24);1H,(H,2,3)/t14-;/m0./s1. The van der Waals surface area contributed by atoms with Gasteiger partial charge in [0, 0.05) is 6.04 Å². The van der Waals surface area contributed by atoms with Gasteiger partial charge < -0.3 is 10.4 Å². The van der Waals surface area contributed by atoms with Gasteiger partial charge in [-0.05, 0) is 49.4 Å². The summed E-state index contributed by atoms with van der Waals surface area (Å²) in [5.74, 6) is -0.377. The first-order chi connectivity index (χ1) is 12.8. The van der Waals surface area contributed by atoms with Crippen LogP contribution in [0.25, 0.3) is 0 Å². The Morgan fingerprint density at radius 1 is 1.22 bits per heavy atom. The number of aryl methyl sites for hydroxylation is 2. The van der Waals surface area contributed by atoms with Crippen LogP contribution >= 0.6 is 0 Å². The van der Waals surface area contributed by atoms with Crippen molar-refractivity contribution in [2.24, 2.45) is 0 Å². The monoisotopic (exact) mass is 380 g/mol. The molecule has 1 atom stereocenters. The molecule has 3 rings (SSSR count). The average Bonchev–Trinajstić information content (AvgIpc) is 2.61. The van der Waals surface area contributed by atoms with Crippen LogP contribution in [0.4, 0.5) is 13.2 Å². The smallest absolute Gasteiger partial charge is 0.433 e. The van der Waals surface area contributed by atoms with Crippen molar-refractivity contribution in [1.29, 1.82) is 0 Å². The minimum absolute atomic E-state index is 0.0194. The van der Waals surface area contributed by atoms with Crippen molar-refractivity contribution in [3.05, 3.63) is 64.5 Å². The van der Waals surface area contributed by atoms with E-state index in [4.69, 9.17) is 9.90 Å². The quantitative estimate of drug-likeness (QED) is 0.783. The predicted octanol–water partition coefficient (Wildman–Crippen LogP) is 3.40. The van der Waals surface area contributed by atoms with E-state index in [0.29, 0.717) is 0 Å². The lowest BCUT2D eigenvalue weighted by Crippen LogP contribution is -2.39. The molecular formula is C19H19F3N2O3. The van der Waals surface area contributed by atoms with Gasteiger partial charge in [0.25, 0.3) is 12.4 Å². The molecule has 0 spiro atoms. The highest BCUT2D eigenvalue weighted by molar-refractivity contribution is 5.95. The van der Waals surface area contributed by atoms with Gasteiger partial charge in [0.1, 0.15) is 5.69 Å². The van der Waals surface area contributed by atoms with E-state index in [9.17, 15) is 18.0 Å². The van der Waals surface area contributed by atoms with Gasteiger partial charge in [-0.2, -0.15) is 13.2 Å². The number of hydrogen-bond acceptors (Lipinski definition) is 3. The summed E-state index contributed by atoms with van der Waals surface area (Å²) in [5, 5.41) is 9.80. The Morgan fingerprint density at radius 3 is 2.44 bits per heavy atom. The van der Waals surface area contributed by atoms with Crippen LogP contribution in [0.5, 0.6) is 0 Å². The third kappa shape index (κ3) is 5.29. The number of alkyl halides is 3. The number of aromatic nitrogens is 1. The zero-order chi connectivity index (χ0) is 20.0. The van der Waals surface area contributed by atoms with E-state index < -0.39 is 11.9 Å². The molecule has 1 aromatic heterocycles. The van der Waals surface area contributed by atoms with Crippen molar-refractivity contribution in [3.63, 3.8) is 0 Å². The molecule has 1 heterocycles. The molecule has 2 N–H and O–H groups in total. The number of amides is 1. The first kappa shape index (κ1) is 20.4. The maximum Gasteiger partial charge on any atom is 0.433 e. The highest BCUT2D eigenvalue weighted by atomic mass is 19.4. The molecule has 27 heavy (non-hydrogen) atoms. The van der Waals surface area contributed by atoms with E-state index in [1.807, 2.05) is 18.2 Å². The number of carboxylic acid groups (broad SMARTS) is 1. The van der Waals surface area contributed by atoms with E-state index in [2.05, 4.69) is 16.4 Å². The summed E-state index contributed by atoms with van der Waals surface area (Å²) in [6, 6.07) is 10.1. The Balaban J connectivity index is 0.000000817. The van der Waals surface area contributed by atoms with Gasteiger partial charge in [-0.15, -0.1) is 0 Å². The summed E-state index contributed by atoms with van der Waals surface area (Å²) in [7, 11) is 0. The fourth-order valence-corrected chi connectivity index (χ4v) is 3.04. The number of rotatable bonds is 2. The number of fused-ring (bicyclic) bond motifs is 1. The Kier molecular flexibility index (Phi) is 6.55. The van der Waals surface area contributed by atoms with Gasteiger partial charge in [-0.25, -0.2) is 4.98 Å². The first-order valence-electron chi connectivity index (χ1n) is 8.26. The molecular weight excluding hydrogens is 361 g/mol. The van der Waals surface area contributed by atoms with E-state index >= 15 is 0 Å². The number of nitrogens with one attached hydrogen (secondary N) is 1. The largest absolute Gasteiger partial charge is 0.483 e. The van der Waals surface area contributed by atoms with Crippen LogP contribution in [-0.4, -0.2) is 28.5 Å². The summed E-state index contributed by atoms with van der Waals surface area (Å²) in [6.07, 6.45) is -2.08. The lowest BCUT2D eigenvalue weighted by Gasteiger charge is -2.25. The number of benzene rings is 1. The van der Waals surface area contributed by atoms with Crippen LogP contribution in [0.15, 0.2) is 36.4 Å². The number of hydrogen-bond donors (Lipinski definition) is 2. The molecule has 144 valence electrons. The maximum atomic E-state index is 12.7. The zero-order valence-electron chi connectivity index (χ0n) is 14.6. The summed E-state index contributed by atoms with van der Waals surface area (Å²) >= 11 is 0. The molecule has 0 saturated heterocycles. The molecule has 0 radical (unpaired) electrons. The van der Waals surface area contributed by atoms with Crippen LogP contribution in [0, 0.1) is 6.92 Å². The molecule has 1 aromatic carbocycles. The number of halogens is 3. The van der Waals surface area contributed by atoms with Crippen LogP contribution in [0.2, 0.25) is 0 Å². The van der Waals surface area contributed by atoms with E-state index in [1.54, 1.807) is 0 Å². The van der Waals surface area contributed by atoms with Crippen LogP contribution < -0.4 is 5.32 Å². The Bertz CT molecular complexity index is 822. The average molecular weight is 380 g/mol. The Morgan fingerprint density at radius 2 is 1.85 bits per heavy atom. The highest BCUT2D eigenvalue weighted by Gasteiger charge is 2.33. The lowest BCUT2D eigenvalue weighted by molar-refractivity contribution is -0.141. The second-order valence-electron chi connectivity index (χ2n) is 6.11. The van der Waals surface area contributed by atoms with Crippen molar-refractivity contribution in [3.8, 4) is 0 Å². The topological polar surface area (TPSA) is 79.3 Å². The molecule has 2 aromatic rings. The number of carbonyl (C=O) groups is 2. The van der Waals surface area contributed by atoms with Crippen molar-refractivity contribution in [2.45, 2.75) is 38.4 Å². The number of nitrogens with zero attached hydrogens (tertiary/aromatic N) is 1. The van der Waals surface area contributed by atoms with Gasteiger partial charge in [0.2, 0.25) is 0 Å². The van der Waals surface area contributed by atoms with Crippen molar-refractivity contribution in [2.75, 3.05) is 0 Å². The van der Waals surface area contributed by atoms with E-state index in [-0.39, 0.29) is 29.7 Å². The summed E-state index contributed by atoms with van der Waals surface area (Å²) in [6.45, 7) is 1.17. The van der Waals surface area contributed by atoms with Crippen molar-refractivity contribution >= 4 is 12.4 Å². The molecule has 1 amide bonds. The molecule has 8 heteroatoms. The van der Waals surface area contributed by atoms with Crippen molar-refractivity contribution in [1.82, 2.24) is 10.3 Å². The SMILES string of the molecule is Cc1nc(C(F)(F)F)ccc1C(=O)N[C@H]1CCc2ccccc2C1.O=CO. The highest BCUT2D eigenvalue weighted by Crippen LogP contribution is 2.28. The molecule has 1 aliphatic carbocycles. The molecule has 0 aliphatic heterocycles. The van der Waals surface area contributed by atoms with Gasteiger partial charge in [0.15, 0.2) is 0 Å². The Hall–Kier alpha value is -2.90. The predicted molar refractivity (Wildman–Crippen MR) is 92.4 cm³/mol. The third-order valence-corrected chi connectivity index (χ3v) is 4.30. The first-order valence-corrected chi connectivity index (χ1v) is 8.26. The third-order valence-electron chi connectivity index (χ3n) is 4.30. The second kappa shape index (κ2) is 8.66. The van der Waals surface area contributed by atoms with E-state index in [1.165, 1.54) is 24.1 Å². The maximum absolute atomic E-state index is 12.7. The molecule has 0 saturated carbocycles. The second-order valence-corrected chi connectivity index (χ2v) is 6.11. The van der Waals surface area contributed by atoms with Crippen LogP contribution in [-0.2, 0) is 23.8 Å². The number of carbonyl (C=O) groups excluding carboxylic acids is 1. The van der Waals surface area contributed by atoms with Gasteiger partial charge in [-0.3, -0.25) is 9.59 Å². The van der Waals surface area contributed by atoms with Crippen LogP contribution in [0.1, 0.15) is 39.3 Å². The zero-order valence-corrected chi connectivity index (χ0v) is 14.6. The lowest BCUT2D eigenvalue weighted by atomic mass is 9.88. The summed E-state index contributed by atoms with van der Waals surface area (Å²) < 4.78 is 38.0. The minimum Gasteiger partial charge on any atom is -0.483 e. The molecule has 1 aliphatic rings. The summed E-state index contributed by atoms with van der Waals surface area (Å²) in [4.78, 5) is 24.2. The minimum atomic E-state index is -4.51. The molecule has 0 fully saturated rings.